The van der Waals surface area contributed by atoms with Gasteiger partial charge in [0.1, 0.15) is 5.76 Å². The summed E-state index contributed by atoms with van der Waals surface area (Å²) in [6.45, 7) is 6.26. The fraction of sp³-hybridized carbons (Fsp3) is 0.364. The molecule has 0 saturated carbocycles. The van der Waals surface area contributed by atoms with Crippen LogP contribution in [0.15, 0.2) is 29.8 Å². The van der Waals surface area contributed by atoms with E-state index in [2.05, 4.69) is 4.98 Å². The zero-order chi connectivity index (χ0) is 23.0. The zero-order valence-corrected chi connectivity index (χ0v) is 18.2. The Morgan fingerprint density at radius 2 is 1.77 bits per heavy atom. The molecule has 0 bridgehead atoms. The van der Waals surface area contributed by atoms with Crippen LogP contribution in [0, 0.1) is 30.9 Å². The number of aryl methyl sites for hydroxylation is 2. The van der Waals surface area contributed by atoms with E-state index < -0.39 is 22.7 Å². The summed E-state index contributed by atoms with van der Waals surface area (Å²) in [6.07, 6.45) is 0. The van der Waals surface area contributed by atoms with Gasteiger partial charge in [0.2, 0.25) is 0 Å². The average molecular weight is 426 g/mol. The number of carbonyl (C=O) groups is 2. The highest BCUT2D eigenvalue weighted by Gasteiger charge is 2.46. The largest absolute Gasteiger partial charge is 0.507 e. The van der Waals surface area contributed by atoms with Gasteiger partial charge in [-0.2, -0.15) is 0 Å². The summed E-state index contributed by atoms with van der Waals surface area (Å²) in [4.78, 5) is 42.9. The number of likely N-dealkylation sites (N-methyl/N-ethyl adjacent to an activating group) is 1. The van der Waals surface area contributed by atoms with E-state index in [1.54, 1.807) is 6.92 Å². The normalized spacial score (nSPS) is 18.3. The number of aromatic nitrogens is 1. The van der Waals surface area contributed by atoms with Crippen LogP contribution in [0.2, 0.25) is 0 Å². The molecule has 1 aromatic heterocycles. The number of non-ortho nitro benzene ring substituents is 1. The van der Waals surface area contributed by atoms with Crippen molar-refractivity contribution in [3.63, 3.8) is 0 Å². The highest BCUT2D eigenvalue weighted by molar-refractivity contribution is 6.46. The Hall–Kier alpha value is -3.46. The Balaban J connectivity index is 2.20. The number of hydrogen-bond acceptors (Lipinski definition) is 6. The predicted octanol–water partition coefficient (Wildman–Crippen LogP) is 2.83. The molecule has 1 fully saturated rings. The van der Waals surface area contributed by atoms with Crippen LogP contribution < -0.4 is 0 Å². The van der Waals surface area contributed by atoms with Gasteiger partial charge in [-0.3, -0.25) is 19.7 Å². The number of aromatic amines is 1. The van der Waals surface area contributed by atoms with Crippen molar-refractivity contribution in [1.29, 1.82) is 0 Å². The van der Waals surface area contributed by atoms with Crippen molar-refractivity contribution >= 4 is 23.1 Å². The van der Waals surface area contributed by atoms with E-state index >= 15 is 0 Å². The van der Waals surface area contributed by atoms with Crippen molar-refractivity contribution < 1.29 is 19.6 Å². The lowest BCUT2D eigenvalue weighted by Crippen LogP contribution is -2.35. The minimum atomic E-state index is -0.838. The molecule has 2 heterocycles. The van der Waals surface area contributed by atoms with E-state index in [0.717, 1.165) is 11.3 Å². The number of aliphatic hydroxyl groups excluding tert-OH is 1. The first-order chi connectivity index (χ1) is 14.5. The fourth-order valence-electron chi connectivity index (χ4n) is 3.94. The third-order valence-electron chi connectivity index (χ3n) is 5.67. The number of nitrogens with one attached hydrogen (secondary N) is 1. The molecule has 1 atom stereocenters. The van der Waals surface area contributed by atoms with Crippen molar-refractivity contribution in [2.75, 3.05) is 27.2 Å². The Labute approximate surface area is 180 Å². The number of aliphatic hydroxyl groups is 1. The smallest absolute Gasteiger partial charge is 0.295 e. The van der Waals surface area contributed by atoms with Crippen molar-refractivity contribution in [2.24, 2.45) is 0 Å². The molecule has 2 aromatic rings. The molecule has 9 nitrogen and oxygen atoms in total. The van der Waals surface area contributed by atoms with Crippen molar-refractivity contribution in [1.82, 2.24) is 14.8 Å². The number of benzene rings is 1. The Kier molecular flexibility index (Phi) is 5.99. The molecule has 0 radical (unpaired) electrons. The van der Waals surface area contributed by atoms with Crippen LogP contribution in [0.25, 0.3) is 5.76 Å². The number of ketones is 1. The second-order valence-corrected chi connectivity index (χ2v) is 8.02. The molecule has 0 aliphatic carbocycles. The zero-order valence-electron chi connectivity index (χ0n) is 18.2. The molecule has 2 N–H and O–H groups in total. The maximum Gasteiger partial charge on any atom is 0.295 e. The summed E-state index contributed by atoms with van der Waals surface area (Å²) in [7, 11) is 3.71. The Morgan fingerprint density at radius 3 is 2.26 bits per heavy atom. The number of Topliss-reactive ketones (excluding diaryl/α,β-unsaturated/α-hetero) is 1. The van der Waals surface area contributed by atoms with Gasteiger partial charge >= 0.3 is 0 Å². The quantitative estimate of drug-likeness (QED) is 0.241. The van der Waals surface area contributed by atoms with E-state index in [-0.39, 0.29) is 23.6 Å². The monoisotopic (exact) mass is 426 g/mol. The van der Waals surface area contributed by atoms with Gasteiger partial charge in [0, 0.05) is 42.2 Å². The average Bonchev–Trinajstić information content (AvgIpc) is 3.11. The molecule has 31 heavy (non-hydrogen) atoms. The number of hydrogen-bond donors (Lipinski definition) is 2. The fourth-order valence-corrected chi connectivity index (χ4v) is 3.94. The van der Waals surface area contributed by atoms with Gasteiger partial charge in [-0.25, -0.2) is 0 Å². The summed E-state index contributed by atoms with van der Waals surface area (Å²) < 4.78 is 0. The molecule has 1 saturated heterocycles. The summed E-state index contributed by atoms with van der Waals surface area (Å²) in [5, 5.41) is 22.2. The summed E-state index contributed by atoms with van der Waals surface area (Å²) in [6, 6.07) is 4.87. The SMILES string of the molecule is Cc1[nH]c(C)c(/C(O)=C2\C(=O)C(=O)N(CCN(C)C)C2c2ccc([N+](=O)[O-])cc2)c1C. The second kappa shape index (κ2) is 8.35. The number of nitro groups is 1. The maximum absolute atomic E-state index is 13.0. The van der Waals surface area contributed by atoms with Gasteiger partial charge in [0.05, 0.1) is 16.5 Å². The topological polar surface area (TPSA) is 120 Å². The first kappa shape index (κ1) is 22.2. The number of amides is 1. The molecule has 1 amide bonds. The lowest BCUT2D eigenvalue weighted by atomic mass is 9.94. The molecule has 3 rings (SSSR count). The van der Waals surface area contributed by atoms with Crippen molar-refractivity contribution in [3.05, 3.63) is 68.0 Å². The van der Waals surface area contributed by atoms with E-state index in [4.69, 9.17) is 0 Å². The van der Waals surface area contributed by atoms with E-state index in [9.17, 15) is 24.8 Å². The number of carbonyl (C=O) groups excluding carboxylic acids is 2. The van der Waals surface area contributed by atoms with Gasteiger partial charge in [-0.15, -0.1) is 0 Å². The van der Waals surface area contributed by atoms with Crippen LogP contribution in [0.4, 0.5) is 5.69 Å². The molecule has 9 heteroatoms. The highest BCUT2D eigenvalue weighted by Crippen LogP contribution is 2.41. The molecule has 1 aliphatic heterocycles. The first-order valence-electron chi connectivity index (χ1n) is 9.88. The third-order valence-corrected chi connectivity index (χ3v) is 5.67. The number of H-pyrrole nitrogens is 1. The molecular weight excluding hydrogens is 400 g/mol. The van der Waals surface area contributed by atoms with Gasteiger partial charge in [-0.1, -0.05) is 0 Å². The highest BCUT2D eigenvalue weighted by atomic mass is 16.6. The molecule has 0 spiro atoms. The summed E-state index contributed by atoms with van der Waals surface area (Å²) in [5.41, 5.74) is 3.24. The summed E-state index contributed by atoms with van der Waals surface area (Å²) >= 11 is 0. The minimum Gasteiger partial charge on any atom is -0.507 e. The van der Waals surface area contributed by atoms with Gasteiger partial charge in [0.25, 0.3) is 17.4 Å². The number of rotatable bonds is 6. The lowest BCUT2D eigenvalue weighted by molar-refractivity contribution is -0.384. The van der Waals surface area contributed by atoms with Crippen LogP contribution in [-0.4, -0.2) is 63.7 Å². The molecule has 164 valence electrons. The Bertz CT molecular complexity index is 1080. The van der Waals surface area contributed by atoms with E-state index in [1.807, 2.05) is 32.8 Å². The van der Waals surface area contributed by atoms with Crippen molar-refractivity contribution in [2.45, 2.75) is 26.8 Å². The number of nitrogens with zero attached hydrogens (tertiary/aromatic N) is 3. The van der Waals surface area contributed by atoms with Crippen LogP contribution >= 0.6 is 0 Å². The number of likely N-dealkylation sites (tertiary alicyclic amines) is 1. The predicted molar refractivity (Wildman–Crippen MR) is 116 cm³/mol. The van der Waals surface area contributed by atoms with Gasteiger partial charge < -0.3 is 19.9 Å². The van der Waals surface area contributed by atoms with E-state index in [1.165, 1.54) is 29.2 Å². The van der Waals surface area contributed by atoms with Gasteiger partial charge in [0.15, 0.2) is 0 Å². The minimum absolute atomic E-state index is 0.0113. The van der Waals surface area contributed by atoms with Crippen molar-refractivity contribution in [3.8, 4) is 0 Å². The third kappa shape index (κ3) is 3.96. The maximum atomic E-state index is 13.0. The molecule has 1 unspecified atom stereocenters. The summed E-state index contributed by atoms with van der Waals surface area (Å²) in [5.74, 6) is -1.71. The first-order valence-corrected chi connectivity index (χ1v) is 9.88. The van der Waals surface area contributed by atoms with Crippen LogP contribution in [0.5, 0.6) is 0 Å². The van der Waals surface area contributed by atoms with Gasteiger partial charge in [-0.05, 0) is 58.1 Å². The molecular formula is C22H26N4O5. The van der Waals surface area contributed by atoms with Crippen LogP contribution in [0.3, 0.4) is 0 Å². The van der Waals surface area contributed by atoms with E-state index in [0.29, 0.717) is 23.4 Å². The molecule has 1 aromatic carbocycles. The van der Waals surface area contributed by atoms with Crippen LogP contribution in [0.1, 0.15) is 34.1 Å². The standard InChI is InChI=1S/C22H26N4O5/c1-12-13(2)23-14(3)17(12)20(27)18-19(15-6-8-16(9-7-15)26(30)31)25(11-10-24(4)5)22(29)21(18)28/h6-9,19,23,27H,10-11H2,1-5H3/b20-18+. The lowest BCUT2D eigenvalue weighted by Gasteiger charge is -2.26. The number of nitro benzene ring substituents is 1. The second-order valence-electron chi connectivity index (χ2n) is 8.02. The van der Waals surface area contributed by atoms with Crippen LogP contribution in [-0.2, 0) is 9.59 Å². The Morgan fingerprint density at radius 1 is 1.16 bits per heavy atom. The molecule has 1 aliphatic rings.